The average molecular weight is 490 g/mol. The molecular weight excluding hydrogens is 441 g/mol. The molecule has 0 atom stereocenters. The molecule has 4 rings (SSSR count). The van der Waals surface area contributed by atoms with Crippen molar-refractivity contribution >= 4 is 7.05 Å². The third kappa shape index (κ3) is 7.72. The maximum Gasteiger partial charge on any atom is 0.0425 e. The minimum absolute atomic E-state index is 0. The summed E-state index contributed by atoms with van der Waals surface area (Å²) in [6.07, 6.45) is 38.4. The van der Waals surface area contributed by atoms with Crippen LogP contribution >= 0.6 is 7.05 Å². The summed E-state index contributed by atoms with van der Waals surface area (Å²) in [6, 6.07) is 0. The van der Waals surface area contributed by atoms with Gasteiger partial charge in [0.1, 0.15) is 0 Å². The summed E-state index contributed by atoms with van der Waals surface area (Å²) in [5, 5.41) is 0. The Morgan fingerprint density at radius 2 is 1.09 bits per heavy atom. The molecule has 0 aromatic carbocycles. The molecular formula is C29H48NPTi. The fourth-order valence-corrected chi connectivity index (χ4v) is 13.0. The first kappa shape index (κ1) is 28.1. The van der Waals surface area contributed by atoms with Gasteiger partial charge in [0.15, 0.2) is 0 Å². The predicted molar refractivity (Wildman–Crippen MR) is 141 cm³/mol. The smallest absolute Gasteiger partial charge is 0.0425 e. The Morgan fingerprint density at radius 3 is 1.41 bits per heavy atom. The topological polar surface area (TPSA) is 12.4 Å². The van der Waals surface area contributed by atoms with Crippen molar-refractivity contribution < 1.29 is 21.7 Å². The van der Waals surface area contributed by atoms with Crippen LogP contribution in [-0.2, 0) is 21.7 Å². The van der Waals surface area contributed by atoms with E-state index in [-0.39, 0.29) is 21.7 Å². The van der Waals surface area contributed by atoms with E-state index < -0.39 is 7.05 Å². The quantitative estimate of drug-likeness (QED) is 0.207. The molecule has 32 heavy (non-hydrogen) atoms. The summed E-state index contributed by atoms with van der Waals surface area (Å²) in [4.78, 5) is 0. The van der Waals surface area contributed by atoms with Crippen LogP contribution in [0.3, 0.4) is 0 Å². The zero-order valence-electron chi connectivity index (χ0n) is 21.0. The van der Waals surface area contributed by atoms with Crippen molar-refractivity contribution in [3.8, 4) is 0 Å². The number of nitrogens with zero attached hydrogens (tertiary/aromatic N) is 1. The zero-order chi connectivity index (χ0) is 21.8. The van der Waals surface area contributed by atoms with Gasteiger partial charge in [-0.15, -0.1) is 0 Å². The van der Waals surface area contributed by atoms with Gasteiger partial charge in [0.25, 0.3) is 0 Å². The maximum atomic E-state index is 5.89. The van der Waals surface area contributed by atoms with Crippen molar-refractivity contribution in [2.75, 3.05) is 0 Å². The van der Waals surface area contributed by atoms with Crippen molar-refractivity contribution in [1.29, 1.82) is 0 Å². The molecule has 3 heteroatoms. The molecule has 0 aromatic rings. The SMILES string of the molecule is C1=CCC(N=P(C2CCCCC2)(C2CCCCC2)C2CCCCC2)=C1.CC=CC=CC.[Ti]. The van der Waals surface area contributed by atoms with Gasteiger partial charge >= 0.3 is 0 Å². The molecule has 0 amide bonds. The number of hydrogen-bond acceptors (Lipinski definition) is 1. The van der Waals surface area contributed by atoms with E-state index in [1.54, 1.807) is 0 Å². The van der Waals surface area contributed by atoms with Gasteiger partial charge in [0, 0.05) is 33.8 Å². The molecule has 178 valence electrons. The van der Waals surface area contributed by atoms with E-state index >= 15 is 0 Å². The fourth-order valence-electron chi connectivity index (χ4n) is 6.58. The summed E-state index contributed by atoms with van der Waals surface area (Å²) < 4.78 is 5.89. The fraction of sp³-hybridized carbons (Fsp3) is 0.724. The van der Waals surface area contributed by atoms with Crippen molar-refractivity contribution in [1.82, 2.24) is 0 Å². The second kappa shape index (κ2) is 15.7. The Labute approximate surface area is 214 Å². The first-order chi connectivity index (χ1) is 15.3. The Hall–Kier alpha value is -0.0957. The number of allylic oxidation sites excluding steroid dienone is 7. The van der Waals surface area contributed by atoms with Gasteiger partial charge in [0.2, 0.25) is 0 Å². The molecule has 0 bridgehead atoms. The Morgan fingerprint density at radius 1 is 0.688 bits per heavy atom. The van der Waals surface area contributed by atoms with Gasteiger partial charge in [-0.1, -0.05) is 94.2 Å². The van der Waals surface area contributed by atoms with Gasteiger partial charge in [-0.25, -0.2) is 0 Å². The van der Waals surface area contributed by atoms with Crippen LogP contribution in [0.4, 0.5) is 0 Å². The summed E-state index contributed by atoms with van der Waals surface area (Å²) in [6.45, 7) is 4.00. The molecule has 3 saturated carbocycles. The normalized spacial score (nSPS) is 23.6. The molecule has 3 fully saturated rings. The third-order valence-electron chi connectivity index (χ3n) is 8.03. The minimum Gasteiger partial charge on any atom is -0.271 e. The van der Waals surface area contributed by atoms with Crippen LogP contribution in [0, 0.1) is 0 Å². The molecule has 4 aliphatic carbocycles. The van der Waals surface area contributed by atoms with E-state index in [1.807, 2.05) is 38.2 Å². The summed E-state index contributed by atoms with van der Waals surface area (Å²) in [5.74, 6) is 0. The Kier molecular flexibility index (Phi) is 13.8. The van der Waals surface area contributed by atoms with Crippen LogP contribution in [0.25, 0.3) is 0 Å². The maximum absolute atomic E-state index is 5.89. The monoisotopic (exact) mass is 489 g/mol. The Bertz CT molecular complexity index is 622. The van der Waals surface area contributed by atoms with Gasteiger partial charge in [-0.2, -0.15) is 0 Å². The summed E-state index contributed by atoms with van der Waals surface area (Å²) >= 11 is 0. The van der Waals surface area contributed by atoms with Crippen LogP contribution in [0.2, 0.25) is 0 Å². The standard InChI is InChI=1S/C23H38NP.C6H10.Ti/c1-4-14-21(15-5-1)25(22-16-6-2-7-17-22,23-18-8-3-9-19-23)24-20-12-10-11-13-20;1-3-5-6-4-2;/h10-12,21-23H,1-9,13-19H2;3-6H,1-2H3;. The molecule has 0 aromatic heterocycles. The zero-order valence-corrected chi connectivity index (χ0v) is 23.4. The largest absolute Gasteiger partial charge is 0.271 e. The van der Waals surface area contributed by atoms with Gasteiger partial charge in [0.05, 0.1) is 0 Å². The average Bonchev–Trinajstić information content (AvgIpc) is 3.36. The number of rotatable bonds is 5. The van der Waals surface area contributed by atoms with E-state index in [1.165, 1.54) is 102 Å². The van der Waals surface area contributed by atoms with Gasteiger partial charge < -0.3 is 0 Å². The van der Waals surface area contributed by atoms with Crippen LogP contribution in [-0.4, -0.2) is 17.0 Å². The molecule has 0 heterocycles. The van der Waals surface area contributed by atoms with E-state index in [2.05, 4.69) is 18.2 Å². The molecule has 0 N–H and O–H groups in total. The van der Waals surface area contributed by atoms with Crippen LogP contribution in [0.5, 0.6) is 0 Å². The molecule has 0 unspecified atom stereocenters. The molecule has 0 saturated heterocycles. The first-order valence-electron chi connectivity index (χ1n) is 13.5. The van der Waals surface area contributed by atoms with E-state index in [9.17, 15) is 0 Å². The second-order valence-corrected chi connectivity index (χ2v) is 14.1. The molecule has 0 spiro atoms. The van der Waals surface area contributed by atoms with Gasteiger partial charge in [-0.3, -0.25) is 4.74 Å². The van der Waals surface area contributed by atoms with Crippen LogP contribution in [0.15, 0.2) is 53.0 Å². The van der Waals surface area contributed by atoms with Crippen molar-refractivity contribution in [3.63, 3.8) is 0 Å². The summed E-state index contributed by atoms with van der Waals surface area (Å²) in [5.41, 5.74) is 4.40. The van der Waals surface area contributed by atoms with E-state index in [4.69, 9.17) is 4.74 Å². The first-order valence-corrected chi connectivity index (χ1v) is 15.5. The molecule has 0 aliphatic heterocycles. The molecule has 4 aliphatic rings. The van der Waals surface area contributed by atoms with Crippen LogP contribution < -0.4 is 0 Å². The second-order valence-electron chi connectivity index (χ2n) is 10.1. The molecule has 0 radical (unpaired) electrons. The minimum atomic E-state index is -1.25. The van der Waals surface area contributed by atoms with Crippen molar-refractivity contribution in [2.24, 2.45) is 4.74 Å². The number of hydrogen-bond donors (Lipinski definition) is 0. The van der Waals surface area contributed by atoms with Crippen molar-refractivity contribution in [3.05, 3.63) is 48.2 Å². The molecule has 1 nitrogen and oxygen atoms in total. The third-order valence-corrected chi connectivity index (χ3v) is 13.7. The van der Waals surface area contributed by atoms with Crippen LogP contribution in [0.1, 0.15) is 117 Å². The van der Waals surface area contributed by atoms with Gasteiger partial charge in [-0.05, 0) is 82.5 Å². The van der Waals surface area contributed by atoms with E-state index in [0.29, 0.717) is 0 Å². The Balaban J connectivity index is 0.000000461. The van der Waals surface area contributed by atoms with Crippen molar-refractivity contribution in [2.45, 2.75) is 134 Å². The van der Waals surface area contributed by atoms with E-state index in [0.717, 1.165) is 23.4 Å². The summed E-state index contributed by atoms with van der Waals surface area (Å²) in [7, 11) is -1.25. The predicted octanol–water partition coefficient (Wildman–Crippen LogP) is 10.2.